The fraction of sp³-hybridized carbons (Fsp3) is 0.238. The van der Waals surface area contributed by atoms with Crippen molar-refractivity contribution in [3.8, 4) is 0 Å². The number of hydrogen-bond acceptors (Lipinski definition) is 5. The van der Waals surface area contributed by atoms with Crippen LogP contribution in [0.2, 0.25) is 0 Å². The highest BCUT2D eigenvalue weighted by Crippen LogP contribution is 2.20. The predicted molar refractivity (Wildman–Crippen MR) is 107 cm³/mol. The molecule has 0 radical (unpaired) electrons. The lowest BCUT2D eigenvalue weighted by Crippen LogP contribution is -2.53. The quantitative estimate of drug-likeness (QED) is 0.694. The van der Waals surface area contributed by atoms with Gasteiger partial charge in [0.05, 0.1) is 24.8 Å². The monoisotopic (exact) mass is 392 g/mol. The molecule has 1 fully saturated rings. The molecule has 0 bridgehead atoms. The number of hydrogen-bond donors (Lipinski definition) is 2. The highest BCUT2D eigenvalue weighted by atomic mass is 16.5. The third-order valence-electron chi connectivity index (χ3n) is 4.95. The Kier molecular flexibility index (Phi) is 5.35. The van der Waals surface area contributed by atoms with Crippen molar-refractivity contribution < 1.29 is 14.3 Å². The summed E-state index contributed by atoms with van der Waals surface area (Å²) < 4.78 is 5.52. The zero-order chi connectivity index (χ0) is 20.2. The van der Waals surface area contributed by atoms with Crippen LogP contribution in [-0.4, -0.2) is 59.0 Å². The van der Waals surface area contributed by atoms with Crippen molar-refractivity contribution in [1.29, 1.82) is 0 Å². The summed E-state index contributed by atoms with van der Waals surface area (Å²) in [5.74, 6) is -0.647. The molecular formula is C21H20N4O4. The number of aromatic amines is 1. The normalized spacial score (nSPS) is 16.6. The van der Waals surface area contributed by atoms with Crippen LogP contribution >= 0.6 is 0 Å². The number of ether oxygens (including phenoxy) is 1. The molecule has 0 spiro atoms. The summed E-state index contributed by atoms with van der Waals surface area (Å²) in [7, 11) is 0. The Hall–Kier alpha value is -3.52. The second-order valence-corrected chi connectivity index (χ2v) is 6.76. The molecule has 2 aromatic heterocycles. The van der Waals surface area contributed by atoms with Gasteiger partial charge in [0.25, 0.3) is 17.4 Å². The lowest BCUT2D eigenvalue weighted by molar-refractivity contribution is -0.00121. The number of carbonyl (C=O) groups is 2. The molecule has 1 unspecified atom stereocenters. The minimum atomic E-state index is -0.489. The van der Waals surface area contributed by atoms with Gasteiger partial charge in [0, 0.05) is 37.1 Å². The van der Waals surface area contributed by atoms with Gasteiger partial charge in [-0.05, 0) is 17.5 Å². The maximum Gasteiger partial charge on any atom is 0.260 e. The van der Waals surface area contributed by atoms with Crippen molar-refractivity contribution in [3.63, 3.8) is 0 Å². The molecule has 4 rings (SSSR count). The molecule has 8 heteroatoms. The average Bonchev–Trinajstić information content (AvgIpc) is 2.77. The molecule has 1 atom stereocenters. The molecule has 1 aliphatic rings. The van der Waals surface area contributed by atoms with E-state index < -0.39 is 11.5 Å². The number of benzene rings is 1. The van der Waals surface area contributed by atoms with Gasteiger partial charge in [-0.25, -0.2) is 0 Å². The first-order valence-corrected chi connectivity index (χ1v) is 9.32. The summed E-state index contributed by atoms with van der Waals surface area (Å²) in [5, 5.41) is 4.45. The zero-order valence-electron chi connectivity index (χ0n) is 15.6. The van der Waals surface area contributed by atoms with E-state index >= 15 is 0 Å². The van der Waals surface area contributed by atoms with Gasteiger partial charge >= 0.3 is 0 Å². The Morgan fingerprint density at radius 3 is 2.90 bits per heavy atom. The van der Waals surface area contributed by atoms with Gasteiger partial charge in [0.15, 0.2) is 0 Å². The largest absolute Gasteiger partial charge is 0.377 e. The standard InChI is InChI=1S/C21H20N4O4/c26-19-17(6-3-7-23-19)20(27)24-11-15-13-29-9-8-25(15)21(28)18-12-22-10-14-4-1-2-5-16(14)18/h1-7,10,12,15H,8-9,11,13H2,(H,23,26)(H,24,27). The first-order chi connectivity index (χ1) is 14.1. The lowest BCUT2D eigenvalue weighted by Gasteiger charge is -2.35. The topological polar surface area (TPSA) is 104 Å². The van der Waals surface area contributed by atoms with Crippen LogP contribution < -0.4 is 10.9 Å². The van der Waals surface area contributed by atoms with Crippen LogP contribution in [0.25, 0.3) is 10.8 Å². The number of amides is 2. The van der Waals surface area contributed by atoms with E-state index in [9.17, 15) is 14.4 Å². The highest BCUT2D eigenvalue weighted by molar-refractivity contribution is 6.06. The molecule has 2 amide bonds. The summed E-state index contributed by atoms with van der Waals surface area (Å²) in [4.78, 5) is 45.7. The second-order valence-electron chi connectivity index (χ2n) is 6.76. The number of aromatic nitrogens is 2. The van der Waals surface area contributed by atoms with Crippen LogP contribution in [0.15, 0.2) is 59.8 Å². The van der Waals surface area contributed by atoms with E-state index in [1.807, 2.05) is 24.3 Å². The number of fused-ring (bicyclic) bond motifs is 1. The van der Waals surface area contributed by atoms with Gasteiger partial charge in [0.1, 0.15) is 5.56 Å². The molecule has 1 aromatic carbocycles. The molecule has 3 aromatic rings. The van der Waals surface area contributed by atoms with Gasteiger partial charge in [-0.1, -0.05) is 24.3 Å². The van der Waals surface area contributed by atoms with Gasteiger partial charge in [0.2, 0.25) is 0 Å². The minimum absolute atomic E-state index is 0.0281. The number of nitrogens with zero attached hydrogens (tertiary/aromatic N) is 2. The van der Waals surface area contributed by atoms with Crippen LogP contribution in [-0.2, 0) is 4.74 Å². The summed E-state index contributed by atoms with van der Waals surface area (Å²) >= 11 is 0. The van der Waals surface area contributed by atoms with Crippen molar-refractivity contribution in [2.75, 3.05) is 26.3 Å². The number of rotatable bonds is 4. The number of H-pyrrole nitrogens is 1. The van der Waals surface area contributed by atoms with E-state index in [0.29, 0.717) is 25.3 Å². The lowest BCUT2D eigenvalue weighted by atomic mass is 10.1. The van der Waals surface area contributed by atoms with Crippen molar-refractivity contribution >= 4 is 22.6 Å². The molecule has 1 saturated heterocycles. The SMILES string of the molecule is O=C(NCC1COCCN1C(=O)c1cncc2ccccc12)c1ccc[nH]c1=O. The van der Waals surface area contributed by atoms with E-state index in [2.05, 4.69) is 15.3 Å². The van der Waals surface area contributed by atoms with E-state index in [-0.39, 0.29) is 24.1 Å². The molecule has 3 heterocycles. The second kappa shape index (κ2) is 8.24. The Morgan fingerprint density at radius 1 is 1.17 bits per heavy atom. The first kappa shape index (κ1) is 18.8. The third kappa shape index (κ3) is 3.88. The van der Waals surface area contributed by atoms with Gasteiger partial charge < -0.3 is 19.9 Å². The summed E-state index contributed by atoms with van der Waals surface area (Å²) in [6.45, 7) is 1.31. The number of nitrogens with one attached hydrogen (secondary N) is 2. The van der Waals surface area contributed by atoms with Crippen LogP contribution in [0, 0.1) is 0 Å². The van der Waals surface area contributed by atoms with Crippen molar-refractivity contribution in [3.05, 3.63) is 76.5 Å². The fourth-order valence-electron chi connectivity index (χ4n) is 3.44. The third-order valence-corrected chi connectivity index (χ3v) is 4.95. The highest BCUT2D eigenvalue weighted by Gasteiger charge is 2.29. The summed E-state index contributed by atoms with van der Waals surface area (Å²) in [6, 6.07) is 10.3. The maximum absolute atomic E-state index is 13.3. The van der Waals surface area contributed by atoms with Crippen LogP contribution in [0.5, 0.6) is 0 Å². The van der Waals surface area contributed by atoms with Gasteiger partial charge in [-0.2, -0.15) is 0 Å². The predicted octanol–water partition coefficient (Wildman–Crippen LogP) is 1.19. The molecule has 148 valence electrons. The van der Waals surface area contributed by atoms with Crippen molar-refractivity contribution in [1.82, 2.24) is 20.2 Å². The van der Waals surface area contributed by atoms with Crippen molar-refractivity contribution in [2.45, 2.75) is 6.04 Å². The van der Waals surface area contributed by atoms with Crippen LogP contribution in [0.3, 0.4) is 0 Å². The Bertz CT molecular complexity index is 1110. The molecule has 0 saturated carbocycles. The van der Waals surface area contributed by atoms with E-state index in [1.54, 1.807) is 23.4 Å². The minimum Gasteiger partial charge on any atom is -0.377 e. The van der Waals surface area contributed by atoms with E-state index in [0.717, 1.165) is 10.8 Å². The molecule has 0 aliphatic carbocycles. The fourth-order valence-corrected chi connectivity index (χ4v) is 3.44. The van der Waals surface area contributed by atoms with Crippen LogP contribution in [0.1, 0.15) is 20.7 Å². The van der Waals surface area contributed by atoms with Crippen LogP contribution in [0.4, 0.5) is 0 Å². The van der Waals surface area contributed by atoms with E-state index in [1.165, 1.54) is 12.3 Å². The number of pyridine rings is 2. The molecule has 2 N–H and O–H groups in total. The summed E-state index contributed by atoms with van der Waals surface area (Å²) in [6.07, 6.45) is 4.76. The molecular weight excluding hydrogens is 372 g/mol. The number of carbonyl (C=O) groups excluding carboxylic acids is 2. The average molecular weight is 392 g/mol. The smallest absolute Gasteiger partial charge is 0.260 e. The summed E-state index contributed by atoms with van der Waals surface area (Å²) in [5.41, 5.74) is 0.0841. The molecule has 1 aliphatic heterocycles. The number of morpholine rings is 1. The maximum atomic E-state index is 13.3. The first-order valence-electron chi connectivity index (χ1n) is 9.32. The van der Waals surface area contributed by atoms with Crippen molar-refractivity contribution in [2.24, 2.45) is 0 Å². The Balaban J connectivity index is 1.53. The Morgan fingerprint density at radius 2 is 2.03 bits per heavy atom. The molecule has 29 heavy (non-hydrogen) atoms. The van der Waals surface area contributed by atoms with Gasteiger partial charge in [-0.15, -0.1) is 0 Å². The van der Waals surface area contributed by atoms with E-state index in [4.69, 9.17) is 4.74 Å². The Labute approximate surface area is 166 Å². The zero-order valence-corrected chi connectivity index (χ0v) is 15.6. The molecule has 8 nitrogen and oxygen atoms in total. The van der Waals surface area contributed by atoms with Gasteiger partial charge in [-0.3, -0.25) is 19.4 Å².